The van der Waals surface area contributed by atoms with Crippen molar-refractivity contribution in [3.05, 3.63) is 88.9 Å². The first-order chi connectivity index (χ1) is 14.9. The van der Waals surface area contributed by atoms with Crippen LogP contribution in [0.25, 0.3) is 0 Å². The Morgan fingerprint density at radius 3 is 2.55 bits per heavy atom. The Morgan fingerprint density at radius 1 is 1.00 bits per heavy atom. The highest BCUT2D eigenvalue weighted by molar-refractivity contribution is 6.21. The van der Waals surface area contributed by atoms with Gasteiger partial charge in [-0.25, -0.2) is 4.79 Å². The van der Waals surface area contributed by atoms with Crippen molar-refractivity contribution in [1.82, 2.24) is 4.90 Å². The lowest BCUT2D eigenvalue weighted by Gasteiger charge is -2.11. The van der Waals surface area contributed by atoms with Gasteiger partial charge in [-0.15, -0.1) is 0 Å². The normalized spacial score (nSPS) is 12.6. The van der Waals surface area contributed by atoms with Gasteiger partial charge in [0.2, 0.25) is 0 Å². The standard InChI is InChI=1S/C23H18N2O6/c1-14-4-2-5-16(10-14)24-20(26)13-31-23(29)15-7-8-18-19(11-15)22(28)25(21(18)27)12-17-6-3-9-30-17/h2-11H,12-13H2,1H3,(H,24,26). The molecule has 0 saturated carbocycles. The van der Waals surface area contributed by atoms with E-state index in [-0.39, 0.29) is 23.2 Å². The third-order valence-corrected chi connectivity index (χ3v) is 4.74. The first-order valence-corrected chi connectivity index (χ1v) is 9.48. The molecule has 4 rings (SSSR count). The monoisotopic (exact) mass is 418 g/mol. The van der Waals surface area contributed by atoms with Gasteiger partial charge < -0.3 is 14.5 Å². The highest BCUT2D eigenvalue weighted by Gasteiger charge is 2.36. The fourth-order valence-electron chi connectivity index (χ4n) is 3.25. The molecule has 8 heteroatoms. The van der Waals surface area contributed by atoms with Gasteiger partial charge in [-0.2, -0.15) is 0 Å². The summed E-state index contributed by atoms with van der Waals surface area (Å²) >= 11 is 0. The van der Waals surface area contributed by atoms with Crippen LogP contribution in [0, 0.1) is 6.92 Å². The van der Waals surface area contributed by atoms with Crippen LogP contribution in [-0.2, 0) is 16.1 Å². The largest absolute Gasteiger partial charge is 0.467 e. The van der Waals surface area contributed by atoms with E-state index in [1.54, 1.807) is 30.3 Å². The van der Waals surface area contributed by atoms with E-state index in [1.165, 1.54) is 24.5 Å². The van der Waals surface area contributed by atoms with Crippen molar-refractivity contribution in [2.75, 3.05) is 11.9 Å². The molecule has 1 N–H and O–H groups in total. The zero-order chi connectivity index (χ0) is 22.0. The number of anilines is 1. The lowest BCUT2D eigenvalue weighted by molar-refractivity contribution is -0.119. The number of hydrogen-bond donors (Lipinski definition) is 1. The summed E-state index contributed by atoms with van der Waals surface area (Å²) in [5.41, 5.74) is 1.95. The van der Waals surface area contributed by atoms with Gasteiger partial charge in [0.15, 0.2) is 6.61 Å². The molecule has 0 fully saturated rings. The van der Waals surface area contributed by atoms with Crippen molar-refractivity contribution in [3.63, 3.8) is 0 Å². The molecule has 1 aliphatic rings. The van der Waals surface area contributed by atoms with E-state index in [2.05, 4.69) is 5.32 Å². The number of furan rings is 1. The molecule has 3 aromatic rings. The maximum absolute atomic E-state index is 12.7. The molecule has 1 aromatic heterocycles. The number of imide groups is 1. The van der Waals surface area contributed by atoms with Crippen molar-refractivity contribution in [2.24, 2.45) is 0 Å². The van der Waals surface area contributed by atoms with Crippen molar-refractivity contribution in [3.8, 4) is 0 Å². The van der Waals surface area contributed by atoms with Gasteiger partial charge in [0.25, 0.3) is 17.7 Å². The zero-order valence-electron chi connectivity index (χ0n) is 16.6. The van der Waals surface area contributed by atoms with E-state index in [9.17, 15) is 19.2 Å². The van der Waals surface area contributed by atoms with Gasteiger partial charge in [-0.05, 0) is 55.0 Å². The molecule has 0 radical (unpaired) electrons. The van der Waals surface area contributed by atoms with Gasteiger partial charge in [0.1, 0.15) is 5.76 Å². The van der Waals surface area contributed by atoms with E-state index in [1.807, 2.05) is 13.0 Å². The zero-order valence-corrected chi connectivity index (χ0v) is 16.6. The average molecular weight is 418 g/mol. The minimum Gasteiger partial charge on any atom is -0.467 e. The summed E-state index contributed by atoms with van der Waals surface area (Å²) < 4.78 is 10.2. The summed E-state index contributed by atoms with van der Waals surface area (Å²) in [5.74, 6) is -1.78. The van der Waals surface area contributed by atoms with E-state index in [0.717, 1.165) is 10.5 Å². The number of nitrogens with one attached hydrogen (secondary N) is 1. The SMILES string of the molecule is Cc1cccc(NC(=O)COC(=O)c2ccc3c(c2)C(=O)N(Cc2ccco2)C3=O)c1. The second-order valence-corrected chi connectivity index (χ2v) is 7.03. The van der Waals surface area contributed by atoms with E-state index in [0.29, 0.717) is 11.4 Å². The number of carbonyl (C=O) groups is 4. The molecule has 0 spiro atoms. The third-order valence-electron chi connectivity index (χ3n) is 4.74. The fourth-order valence-corrected chi connectivity index (χ4v) is 3.25. The lowest BCUT2D eigenvalue weighted by atomic mass is 10.1. The number of carbonyl (C=O) groups excluding carboxylic acids is 4. The van der Waals surface area contributed by atoms with Gasteiger partial charge in [-0.1, -0.05) is 12.1 Å². The molecular weight excluding hydrogens is 400 g/mol. The Morgan fingerprint density at radius 2 is 1.81 bits per heavy atom. The molecule has 0 bridgehead atoms. The summed E-state index contributed by atoms with van der Waals surface area (Å²) in [6, 6.07) is 14.6. The molecule has 0 unspecified atom stereocenters. The van der Waals surface area contributed by atoms with Crippen LogP contribution in [0.15, 0.2) is 65.3 Å². The summed E-state index contributed by atoms with van der Waals surface area (Å²) in [4.78, 5) is 50.6. The van der Waals surface area contributed by atoms with Gasteiger partial charge >= 0.3 is 5.97 Å². The van der Waals surface area contributed by atoms with Crippen LogP contribution in [0.3, 0.4) is 0 Å². The van der Waals surface area contributed by atoms with Crippen LogP contribution in [0.1, 0.15) is 42.4 Å². The second kappa shape index (κ2) is 8.27. The molecule has 0 aliphatic carbocycles. The number of nitrogens with zero attached hydrogens (tertiary/aromatic N) is 1. The van der Waals surface area contributed by atoms with Crippen LogP contribution >= 0.6 is 0 Å². The Balaban J connectivity index is 1.40. The van der Waals surface area contributed by atoms with Crippen molar-refractivity contribution >= 4 is 29.4 Å². The van der Waals surface area contributed by atoms with Gasteiger partial charge in [0, 0.05) is 5.69 Å². The number of benzene rings is 2. The van der Waals surface area contributed by atoms with Crippen LogP contribution < -0.4 is 5.32 Å². The summed E-state index contributed by atoms with van der Waals surface area (Å²) in [6.07, 6.45) is 1.46. The number of hydrogen-bond acceptors (Lipinski definition) is 6. The van der Waals surface area contributed by atoms with Crippen molar-refractivity contribution in [2.45, 2.75) is 13.5 Å². The molecule has 156 valence electrons. The van der Waals surface area contributed by atoms with Crippen LogP contribution in [0.5, 0.6) is 0 Å². The van der Waals surface area contributed by atoms with Gasteiger partial charge in [-0.3, -0.25) is 19.3 Å². The molecule has 2 heterocycles. The van der Waals surface area contributed by atoms with E-state index < -0.39 is 30.3 Å². The quantitative estimate of drug-likeness (QED) is 0.487. The average Bonchev–Trinajstić information content (AvgIpc) is 3.35. The van der Waals surface area contributed by atoms with Crippen LogP contribution in [0.2, 0.25) is 0 Å². The molecule has 2 aromatic carbocycles. The van der Waals surface area contributed by atoms with E-state index >= 15 is 0 Å². The van der Waals surface area contributed by atoms with Crippen LogP contribution in [-0.4, -0.2) is 35.2 Å². The number of esters is 1. The predicted molar refractivity (Wildman–Crippen MR) is 109 cm³/mol. The summed E-state index contributed by atoms with van der Waals surface area (Å²) in [5, 5.41) is 2.64. The molecule has 0 saturated heterocycles. The Hall–Kier alpha value is -4.20. The minimum atomic E-state index is -0.771. The molecule has 0 atom stereocenters. The molecule has 1 aliphatic heterocycles. The highest BCUT2D eigenvalue weighted by atomic mass is 16.5. The lowest BCUT2D eigenvalue weighted by Crippen LogP contribution is -2.28. The number of amides is 3. The first-order valence-electron chi connectivity index (χ1n) is 9.48. The van der Waals surface area contributed by atoms with Gasteiger partial charge in [0.05, 0.1) is 29.5 Å². The molecule has 31 heavy (non-hydrogen) atoms. The Kier molecular flexibility index (Phi) is 5.36. The van der Waals surface area contributed by atoms with Crippen molar-refractivity contribution in [1.29, 1.82) is 0 Å². The highest BCUT2D eigenvalue weighted by Crippen LogP contribution is 2.26. The smallest absolute Gasteiger partial charge is 0.338 e. The Bertz CT molecular complexity index is 1180. The molecule has 3 amide bonds. The van der Waals surface area contributed by atoms with Crippen LogP contribution in [0.4, 0.5) is 5.69 Å². The first kappa shape index (κ1) is 20.1. The molecular formula is C23H18N2O6. The fraction of sp³-hybridized carbons (Fsp3) is 0.130. The third kappa shape index (κ3) is 4.23. The van der Waals surface area contributed by atoms with Crippen molar-refractivity contribution < 1.29 is 28.3 Å². The predicted octanol–water partition coefficient (Wildman–Crippen LogP) is 3.18. The maximum atomic E-state index is 12.7. The van der Waals surface area contributed by atoms with E-state index in [4.69, 9.17) is 9.15 Å². The topological polar surface area (TPSA) is 106 Å². The Labute approximate surface area is 177 Å². The summed E-state index contributed by atoms with van der Waals surface area (Å²) in [7, 11) is 0. The second-order valence-electron chi connectivity index (χ2n) is 7.03. The summed E-state index contributed by atoms with van der Waals surface area (Å²) in [6.45, 7) is 1.41. The number of fused-ring (bicyclic) bond motifs is 1. The minimum absolute atomic E-state index is 0.00173. The molecule has 8 nitrogen and oxygen atoms in total. The number of ether oxygens (including phenoxy) is 1. The number of rotatable bonds is 6. The number of aryl methyl sites for hydroxylation is 1. The maximum Gasteiger partial charge on any atom is 0.338 e.